The minimum atomic E-state index is -0.623. The Kier molecular flexibility index (Phi) is 3.48. The van der Waals surface area contributed by atoms with Gasteiger partial charge < -0.3 is 14.6 Å². The number of rotatable bonds is 3. The number of benzene rings is 1. The highest BCUT2D eigenvalue weighted by molar-refractivity contribution is 5.97. The molecule has 2 heterocycles. The summed E-state index contributed by atoms with van der Waals surface area (Å²) in [5.74, 6) is -0.249. The van der Waals surface area contributed by atoms with E-state index in [0.29, 0.717) is 6.54 Å². The van der Waals surface area contributed by atoms with Crippen LogP contribution < -0.4 is 5.32 Å². The number of furan rings is 1. The van der Waals surface area contributed by atoms with Crippen LogP contribution in [0.4, 0.5) is 0 Å². The first kappa shape index (κ1) is 13.4. The van der Waals surface area contributed by atoms with E-state index in [0.717, 1.165) is 11.1 Å². The van der Waals surface area contributed by atoms with Crippen LogP contribution in [-0.2, 0) is 16.1 Å². The average molecular weight is 284 g/mol. The Labute approximate surface area is 122 Å². The van der Waals surface area contributed by atoms with E-state index in [2.05, 4.69) is 5.32 Å². The lowest BCUT2D eigenvalue weighted by Gasteiger charge is -2.37. The fourth-order valence-corrected chi connectivity index (χ4v) is 2.49. The molecule has 2 atom stereocenters. The molecule has 1 saturated heterocycles. The Hall–Kier alpha value is -2.56. The second-order valence-corrected chi connectivity index (χ2v) is 5.13. The summed E-state index contributed by atoms with van der Waals surface area (Å²) in [6.45, 7) is 2.10. The van der Waals surface area contributed by atoms with Gasteiger partial charge in [-0.2, -0.15) is 0 Å². The SMILES string of the molecule is CC1C(=O)NC(c2ccccc2)C(=O)N1Cc1ccoc1. The average Bonchev–Trinajstić information content (AvgIpc) is 3.01. The Morgan fingerprint density at radius 1 is 1.19 bits per heavy atom. The quantitative estimate of drug-likeness (QED) is 0.936. The van der Waals surface area contributed by atoms with Crippen molar-refractivity contribution in [2.75, 3.05) is 0 Å². The van der Waals surface area contributed by atoms with Crippen LogP contribution in [0.15, 0.2) is 53.3 Å². The third kappa shape index (κ3) is 2.54. The van der Waals surface area contributed by atoms with Crippen molar-refractivity contribution in [2.24, 2.45) is 0 Å². The van der Waals surface area contributed by atoms with E-state index in [-0.39, 0.29) is 11.8 Å². The van der Waals surface area contributed by atoms with E-state index in [1.807, 2.05) is 30.3 Å². The molecule has 1 fully saturated rings. The summed E-state index contributed by atoms with van der Waals surface area (Å²) in [5, 5.41) is 2.79. The van der Waals surface area contributed by atoms with Gasteiger partial charge in [0, 0.05) is 12.1 Å². The van der Waals surface area contributed by atoms with Crippen LogP contribution in [0.2, 0.25) is 0 Å². The normalized spacial score (nSPS) is 22.2. The van der Waals surface area contributed by atoms with E-state index in [1.165, 1.54) is 0 Å². The van der Waals surface area contributed by atoms with Gasteiger partial charge in [-0.3, -0.25) is 9.59 Å². The predicted molar refractivity (Wildman–Crippen MR) is 76.0 cm³/mol. The molecule has 0 radical (unpaired) electrons. The van der Waals surface area contributed by atoms with Crippen molar-refractivity contribution in [2.45, 2.75) is 25.6 Å². The second kappa shape index (κ2) is 5.44. The van der Waals surface area contributed by atoms with Gasteiger partial charge in [-0.15, -0.1) is 0 Å². The van der Waals surface area contributed by atoms with Crippen molar-refractivity contribution in [1.29, 1.82) is 0 Å². The molecule has 2 amide bonds. The van der Waals surface area contributed by atoms with Gasteiger partial charge in [0.05, 0.1) is 12.5 Å². The fraction of sp³-hybridized carbons (Fsp3) is 0.250. The first-order valence-electron chi connectivity index (χ1n) is 6.83. The molecule has 5 nitrogen and oxygen atoms in total. The van der Waals surface area contributed by atoms with Crippen molar-refractivity contribution < 1.29 is 14.0 Å². The molecule has 2 aromatic rings. The molecule has 1 aliphatic rings. The van der Waals surface area contributed by atoms with Crippen LogP contribution in [0.1, 0.15) is 24.1 Å². The number of nitrogens with one attached hydrogen (secondary N) is 1. The summed E-state index contributed by atoms with van der Waals surface area (Å²) in [4.78, 5) is 26.4. The standard InChI is InChI=1S/C16H16N2O3/c1-11-15(19)17-14(13-5-3-2-4-6-13)16(20)18(11)9-12-7-8-21-10-12/h2-8,10-11,14H,9H2,1H3,(H,17,19). The van der Waals surface area contributed by atoms with Gasteiger partial charge in [-0.05, 0) is 18.6 Å². The van der Waals surface area contributed by atoms with Crippen LogP contribution in [0.3, 0.4) is 0 Å². The molecule has 108 valence electrons. The van der Waals surface area contributed by atoms with Gasteiger partial charge in [0.15, 0.2) is 0 Å². The van der Waals surface area contributed by atoms with Crippen molar-refractivity contribution in [1.82, 2.24) is 10.2 Å². The molecule has 0 saturated carbocycles. The lowest BCUT2D eigenvalue weighted by atomic mass is 10.0. The molecule has 21 heavy (non-hydrogen) atoms. The smallest absolute Gasteiger partial charge is 0.250 e. The maximum atomic E-state index is 12.7. The van der Waals surface area contributed by atoms with E-state index in [4.69, 9.17) is 4.42 Å². The Morgan fingerprint density at radius 2 is 1.95 bits per heavy atom. The monoisotopic (exact) mass is 284 g/mol. The van der Waals surface area contributed by atoms with Crippen LogP contribution >= 0.6 is 0 Å². The van der Waals surface area contributed by atoms with E-state index >= 15 is 0 Å². The van der Waals surface area contributed by atoms with Crippen LogP contribution in [0, 0.1) is 0 Å². The summed E-state index contributed by atoms with van der Waals surface area (Å²) in [5.41, 5.74) is 1.66. The highest BCUT2D eigenvalue weighted by atomic mass is 16.3. The Morgan fingerprint density at radius 3 is 2.62 bits per heavy atom. The highest BCUT2D eigenvalue weighted by Gasteiger charge is 2.38. The predicted octanol–water partition coefficient (Wildman–Crippen LogP) is 1.87. The van der Waals surface area contributed by atoms with Gasteiger partial charge in [-0.1, -0.05) is 30.3 Å². The van der Waals surface area contributed by atoms with Crippen molar-refractivity contribution in [3.8, 4) is 0 Å². The zero-order valence-electron chi connectivity index (χ0n) is 11.7. The van der Waals surface area contributed by atoms with Crippen LogP contribution in [0.25, 0.3) is 0 Å². The topological polar surface area (TPSA) is 62.6 Å². The zero-order valence-corrected chi connectivity index (χ0v) is 11.7. The van der Waals surface area contributed by atoms with E-state index in [9.17, 15) is 9.59 Å². The zero-order chi connectivity index (χ0) is 14.8. The number of hydrogen-bond donors (Lipinski definition) is 1. The number of hydrogen-bond acceptors (Lipinski definition) is 3. The fourth-order valence-electron chi connectivity index (χ4n) is 2.49. The highest BCUT2D eigenvalue weighted by Crippen LogP contribution is 2.23. The van der Waals surface area contributed by atoms with Crippen LogP contribution in [-0.4, -0.2) is 22.8 Å². The van der Waals surface area contributed by atoms with Gasteiger partial charge in [0.25, 0.3) is 5.91 Å². The number of carbonyl (C=O) groups is 2. The summed E-state index contributed by atoms with van der Waals surface area (Å²) in [6.07, 6.45) is 3.15. The van der Waals surface area contributed by atoms with Gasteiger partial charge in [-0.25, -0.2) is 0 Å². The second-order valence-electron chi connectivity index (χ2n) is 5.13. The molecule has 2 unspecified atom stereocenters. The lowest BCUT2D eigenvalue weighted by molar-refractivity contribution is -0.149. The van der Waals surface area contributed by atoms with E-state index in [1.54, 1.807) is 30.4 Å². The first-order chi connectivity index (χ1) is 10.2. The molecule has 5 heteroatoms. The van der Waals surface area contributed by atoms with Gasteiger partial charge in [0.1, 0.15) is 12.1 Å². The molecular weight excluding hydrogens is 268 g/mol. The first-order valence-corrected chi connectivity index (χ1v) is 6.83. The summed E-state index contributed by atoms with van der Waals surface area (Å²) in [6, 6.07) is 9.95. The minimum absolute atomic E-state index is 0.102. The lowest BCUT2D eigenvalue weighted by Crippen LogP contribution is -2.58. The Balaban J connectivity index is 1.88. The maximum Gasteiger partial charge on any atom is 0.250 e. The molecule has 0 aliphatic carbocycles. The number of nitrogens with zero attached hydrogens (tertiary/aromatic N) is 1. The van der Waals surface area contributed by atoms with Crippen molar-refractivity contribution in [3.63, 3.8) is 0 Å². The van der Waals surface area contributed by atoms with Gasteiger partial charge >= 0.3 is 0 Å². The summed E-state index contributed by atoms with van der Waals surface area (Å²) < 4.78 is 5.03. The number of piperazine rings is 1. The maximum absolute atomic E-state index is 12.7. The minimum Gasteiger partial charge on any atom is -0.472 e. The van der Waals surface area contributed by atoms with E-state index < -0.39 is 12.1 Å². The molecule has 1 aliphatic heterocycles. The summed E-state index contributed by atoms with van der Waals surface area (Å²) in [7, 11) is 0. The number of amides is 2. The molecule has 3 rings (SSSR count). The summed E-state index contributed by atoms with van der Waals surface area (Å²) >= 11 is 0. The van der Waals surface area contributed by atoms with Crippen LogP contribution in [0.5, 0.6) is 0 Å². The van der Waals surface area contributed by atoms with Gasteiger partial charge in [0.2, 0.25) is 5.91 Å². The molecule has 0 bridgehead atoms. The Bertz CT molecular complexity index is 637. The molecule has 1 N–H and O–H groups in total. The van der Waals surface area contributed by atoms with Crippen molar-refractivity contribution in [3.05, 3.63) is 60.1 Å². The number of carbonyl (C=O) groups excluding carboxylic acids is 2. The largest absolute Gasteiger partial charge is 0.472 e. The third-order valence-corrected chi connectivity index (χ3v) is 3.73. The molecule has 0 spiro atoms. The molecule has 1 aromatic heterocycles. The molecule has 1 aromatic carbocycles. The van der Waals surface area contributed by atoms with Crippen molar-refractivity contribution >= 4 is 11.8 Å². The third-order valence-electron chi connectivity index (χ3n) is 3.73. The molecular formula is C16H16N2O3.